The molecule has 1 fully saturated rings. The molecule has 1 aliphatic rings. The maximum atomic E-state index is 13.2. The number of hydrogen-bond donors (Lipinski definition) is 2. The Morgan fingerprint density at radius 2 is 1.88 bits per heavy atom. The Bertz CT molecular complexity index is 1510. The van der Waals surface area contributed by atoms with Crippen LogP contribution in [-0.4, -0.2) is 26.8 Å². The number of aromatic nitrogens is 2. The third kappa shape index (κ3) is 2.63. The van der Waals surface area contributed by atoms with Gasteiger partial charge in [0.15, 0.2) is 5.13 Å². The second-order valence-electron chi connectivity index (χ2n) is 7.40. The number of benzene rings is 2. The number of nitrogens with zero attached hydrogens (tertiary/aromatic N) is 2. The van der Waals surface area contributed by atoms with E-state index >= 15 is 0 Å². The quantitative estimate of drug-likeness (QED) is 0.233. The Labute approximate surface area is 185 Å². The van der Waals surface area contributed by atoms with E-state index in [0.29, 0.717) is 16.5 Å². The van der Waals surface area contributed by atoms with Gasteiger partial charge < -0.3 is 14.5 Å². The molecule has 2 N–H and O–H groups in total. The minimum atomic E-state index is -0.931. The third-order valence-corrected chi connectivity index (χ3v) is 6.63. The maximum Gasteiger partial charge on any atom is 0.302 e. The first kappa shape index (κ1) is 18.6. The Balaban J connectivity index is 1.58. The van der Waals surface area contributed by atoms with Gasteiger partial charge in [0, 0.05) is 22.7 Å². The van der Waals surface area contributed by atoms with Gasteiger partial charge in [0.2, 0.25) is 0 Å². The number of nitrogens with one attached hydrogen (secondary N) is 1. The molecule has 7 nitrogen and oxygen atoms in total. The number of aliphatic hydroxyl groups is 1. The zero-order valence-electron chi connectivity index (χ0n) is 16.5. The van der Waals surface area contributed by atoms with Crippen LogP contribution >= 0.6 is 11.3 Å². The first-order chi connectivity index (χ1) is 15.6. The first-order valence-electron chi connectivity index (χ1n) is 9.90. The predicted molar refractivity (Wildman–Crippen MR) is 121 cm³/mol. The Morgan fingerprint density at radius 1 is 1.06 bits per heavy atom. The van der Waals surface area contributed by atoms with Crippen molar-refractivity contribution < 1.29 is 19.1 Å². The molecule has 1 unspecified atom stereocenters. The van der Waals surface area contributed by atoms with Gasteiger partial charge in [-0.3, -0.25) is 14.5 Å². The van der Waals surface area contributed by atoms with Gasteiger partial charge in [0.05, 0.1) is 22.1 Å². The van der Waals surface area contributed by atoms with E-state index in [4.69, 9.17) is 4.42 Å². The average Bonchev–Trinajstić information content (AvgIpc) is 3.59. The van der Waals surface area contributed by atoms with Gasteiger partial charge in [-0.25, -0.2) is 4.98 Å². The number of ketones is 1. The van der Waals surface area contributed by atoms with Crippen LogP contribution in [0.5, 0.6) is 0 Å². The van der Waals surface area contributed by atoms with Crippen LogP contribution in [0, 0.1) is 0 Å². The number of amides is 1. The molecule has 1 atom stereocenters. The molecule has 6 rings (SSSR count). The van der Waals surface area contributed by atoms with Gasteiger partial charge in [0.1, 0.15) is 17.6 Å². The predicted octanol–water partition coefficient (Wildman–Crippen LogP) is 5.00. The lowest BCUT2D eigenvalue weighted by Gasteiger charge is -2.20. The van der Waals surface area contributed by atoms with Crippen molar-refractivity contribution in [3.8, 4) is 0 Å². The molecule has 0 saturated carbocycles. The highest BCUT2D eigenvalue weighted by Crippen LogP contribution is 2.44. The molecule has 0 aliphatic carbocycles. The summed E-state index contributed by atoms with van der Waals surface area (Å²) in [5.74, 6) is -1.43. The number of H-pyrrole nitrogens is 1. The molecular weight excluding hydrogens is 426 g/mol. The Hall–Kier alpha value is -4.17. The summed E-state index contributed by atoms with van der Waals surface area (Å²) < 4.78 is 6.49. The molecule has 32 heavy (non-hydrogen) atoms. The molecule has 0 spiro atoms. The summed E-state index contributed by atoms with van der Waals surface area (Å²) in [4.78, 5) is 35.4. The highest BCUT2D eigenvalue weighted by Gasteiger charge is 2.49. The topological polar surface area (TPSA) is 99.4 Å². The van der Waals surface area contributed by atoms with Crippen LogP contribution in [0.2, 0.25) is 0 Å². The van der Waals surface area contributed by atoms with E-state index in [-0.39, 0.29) is 11.3 Å². The van der Waals surface area contributed by atoms with Crippen LogP contribution in [0.3, 0.4) is 0 Å². The number of para-hydroxylation sites is 2. The van der Waals surface area contributed by atoms with Crippen molar-refractivity contribution in [2.24, 2.45) is 0 Å². The van der Waals surface area contributed by atoms with E-state index in [1.165, 1.54) is 22.5 Å². The number of carbonyl (C=O) groups is 2. The van der Waals surface area contributed by atoms with E-state index in [9.17, 15) is 14.7 Å². The van der Waals surface area contributed by atoms with Crippen molar-refractivity contribution in [3.05, 3.63) is 90.0 Å². The van der Waals surface area contributed by atoms with Crippen molar-refractivity contribution >= 4 is 55.0 Å². The zero-order chi connectivity index (χ0) is 21.8. The number of anilines is 1. The fourth-order valence-electron chi connectivity index (χ4n) is 4.12. The fraction of sp³-hybridized carbons (Fsp3) is 0.0417. The van der Waals surface area contributed by atoms with Crippen LogP contribution in [-0.2, 0) is 9.59 Å². The molecular formula is C24H15N3O4S. The summed E-state index contributed by atoms with van der Waals surface area (Å²) in [6.07, 6.45) is 3.10. The summed E-state index contributed by atoms with van der Waals surface area (Å²) >= 11 is 1.30. The fourth-order valence-corrected chi connectivity index (χ4v) is 5.11. The molecule has 1 aliphatic heterocycles. The average molecular weight is 441 g/mol. The minimum Gasteiger partial charge on any atom is -0.507 e. The smallest absolute Gasteiger partial charge is 0.302 e. The van der Waals surface area contributed by atoms with Crippen LogP contribution in [0.1, 0.15) is 17.4 Å². The number of carbonyl (C=O) groups excluding carboxylic acids is 2. The van der Waals surface area contributed by atoms with Gasteiger partial charge in [-0.1, -0.05) is 41.7 Å². The lowest BCUT2D eigenvalue weighted by molar-refractivity contribution is -0.132. The van der Waals surface area contributed by atoms with Crippen molar-refractivity contribution in [2.75, 3.05) is 4.90 Å². The van der Waals surface area contributed by atoms with Gasteiger partial charge in [-0.05, 0) is 30.3 Å². The normalized spacial score (nSPS) is 18.2. The molecule has 156 valence electrons. The minimum absolute atomic E-state index is 0.0334. The molecule has 4 heterocycles. The summed E-state index contributed by atoms with van der Waals surface area (Å²) in [5.41, 5.74) is 1.95. The van der Waals surface area contributed by atoms with Crippen molar-refractivity contribution in [2.45, 2.75) is 6.04 Å². The molecule has 3 aromatic heterocycles. The van der Waals surface area contributed by atoms with Gasteiger partial charge >= 0.3 is 5.91 Å². The highest BCUT2D eigenvalue weighted by atomic mass is 32.1. The number of Topliss-reactive ketones (excluding diaryl/α,β-unsaturated/α-hetero) is 1. The zero-order valence-corrected chi connectivity index (χ0v) is 17.3. The summed E-state index contributed by atoms with van der Waals surface area (Å²) in [6.45, 7) is 0. The van der Waals surface area contributed by atoms with Crippen LogP contribution in [0.25, 0.3) is 26.9 Å². The SMILES string of the molecule is O=C1C(=O)N(c2nc3ccccc3s2)C(c2ccco2)/C1=C(\O)c1c[nH]c2ccccc12. The number of fused-ring (bicyclic) bond motifs is 2. The summed E-state index contributed by atoms with van der Waals surface area (Å²) in [6, 6.07) is 17.4. The van der Waals surface area contributed by atoms with Gasteiger partial charge in [0.25, 0.3) is 5.78 Å². The van der Waals surface area contributed by atoms with E-state index in [0.717, 1.165) is 21.1 Å². The van der Waals surface area contributed by atoms with Crippen LogP contribution < -0.4 is 4.90 Å². The number of aliphatic hydroxyl groups excluding tert-OH is 1. The van der Waals surface area contributed by atoms with Crippen molar-refractivity contribution in [3.63, 3.8) is 0 Å². The van der Waals surface area contributed by atoms with Gasteiger partial charge in [-0.2, -0.15) is 0 Å². The first-order valence-corrected chi connectivity index (χ1v) is 10.7. The molecule has 2 aromatic carbocycles. The van der Waals surface area contributed by atoms with Crippen molar-refractivity contribution in [1.29, 1.82) is 0 Å². The molecule has 1 saturated heterocycles. The molecule has 5 aromatic rings. The van der Waals surface area contributed by atoms with Crippen LogP contribution in [0.4, 0.5) is 5.13 Å². The molecule has 0 radical (unpaired) electrons. The van der Waals surface area contributed by atoms with E-state index < -0.39 is 17.7 Å². The highest BCUT2D eigenvalue weighted by molar-refractivity contribution is 7.22. The number of hydrogen-bond acceptors (Lipinski definition) is 6. The second-order valence-corrected chi connectivity index (χ2v) is 8.41. The van der Waals surface area contributed by atoms with E-state index in [2.05, 4.69) is 9.97 Å². The van der Waals surface area contributed by atoms with E-state index in [1.54, 1.807) is 18.3 Å². The summed E-state index contributed by atoms with van der Waals surface area (Å²) in [5, 5.41) is 12.4. The molecule has 1 amide bonds. The maximum absolute atomic E-state index is 13.2. The van der Waals surface area contributed by atoms with Crippen molar-refractivity contribution in [1.82, 2.24) is 9.97 Å². The monoisotopic (exact) mass is 441 g/mol. The molecule has 8 heteroatoms. The second kappa shape index (κ2) is 6.93. The number of rotatable bonds is 3. The number of aromatic amines is 1. The van der Waals surface area contributed by atoms with Crippen LogP contribution in [0.15, 0.2) is 83.1 Å². The van der Waals surface area contributed by atoms with Gasteiger partial charge in [-0.15, -0.1) is 0 Å². The standard InChI is InChI=1S/C24H15N3O4S/c28-21(14-12-25-15-7-2-1-6-13(14)15)19-20(17-9-5-11-31-17)27(23(30)22(19)29)24-26-16-8-3-4-10-18(16)32-24/h1-12,20,25,28H/b21-19+. The largest absolute Gasteiger partial charge is 0.507 e. The van der Waals surface area contributed by atoms with E-state index in [1.807, 2.05) is 48.5 Å². The Kier molecular flexibility index (Phi) is 4.02. The lowest BCUT2D eigenvalue weighted by Crippen LogP contribution is -2.29. The Morgan fingerprint density at radius 3 is 2.69 bits per heavy atom. The third-order valence-electron chi connectivity index (χ3n) is 5.59. The number of furan rings is 1. The lowest BCUT2D eigenvalue weighted by atomic mass is 9.99. The molecule has 0 bridgehead atoms. The summed E-state index contributed by atoms with van der Waals surface area (Å²) in [7, 11) is 0. The number of thiazole rings is 1.